The molecule has 0 aliphatic carbocycles. The molecule has 1 aromatic heterocycles. The molecule has 0 spiro atoms. The van der Waals surface area contributed by atoms with Crippen molar-refractivity contribution < 1.29 is 9.84 Å². The summed E-state index contributed by atoms with van der Waals surface area (Å²) in [4.78, 5) is 4.17. The Balaban J connectivity index is 2.72. The number of aliphatic hydroxyl groups excluding tert-OH is 1. The van der Waals surface area contributed by atoms with Gasteiger partial charge in [-0.2, -0.15) is 0 Å². The van der Waals surface area contributed by atoms with Crippen molar-refractivity contribution in [1.82, 2.24) is 4.98 Å². The molecule has 1 aromatic rings. The van der Waals surface area contributed by atoms with Crippen LogP contribution in [0.4, 0.5) is 0 Å². The minimum Gasteiger partial charge on any atom is -0.474 e. The van der Waals surface area contributed by atoms with Crippen LogP contribution in [0.3, 0.4) is 0 Å². The number of nitrogens with zero attached hydrogens (tertiary/aromatic N) is 1. The molecule has 1 rings (SSSR count). The minimum absolute atomic E-state index is 0.0594. The highest BCUT2D eigenvalue weighted by Gasteiger charge is 2.11. The lowest BCUT2D eigenvalue weighted by Crippen LogP contribution is -2.16. The molecule has 0 aliphatic heterocycles. The van der Waals surface area contributed by atoms with Crippen molar-refractivity contribution in [3.63, 3.8) is 0 Å². The van der Waals surface area contributed by atoms with Gasteiger partial charge in [0.05, 0.1) is 12.7 Å². The van der Waals surface area contributed by atoms with E-state index in [1.54, 1.807) is 6.20 Å². The van der Waals surface area contributed by atoms with Gasteiger partial charge < -0.3 is 9.84 Å². The van der Waals surface area contributed by atoms with Crippen molar-refractivity contribution in [3.8, 4) is 5.88 Å². The van der Waals surface area contributed by atoms with Crippen LogP contribution >= 0.6 is 15.9 Å². The molecule has 1 unspecified atom stereocenters. The van der Waals surface area contributed by atoms with Crippen LogP contribution in [-0.2, 0) is 6.61 Å². The van der Waals surface area contributed by atoms with E-state index in [4.69, 9.17) is 4.74 Å². The molecule has 0 radical (unpaired) electrons. The van der Waals surface area contributed by atoms with E-state index in [9.17, 15) is 5.11 Å². The normalized spacial score (nSPS) is 12.9. The molecule has 4 heteroatoms. The van der Waals surface area contributed by atoms with Crippen LogP contribution < -0.4 is 4.74 Å². The molecule has 0 bridgehead atoms. The summed E-state index contributed by atoms with van der Waals surface area (Å²) in [6.45, 7) is 6.27. The van der Waals surface area contributed by atoms with E-state index in [0.717, 1.165) is 10.9 Å². The highest BCUT2D eigenvalue weighted by molar-refractivity contribution is 9.10. The van der Waals surface area contributed by atoms with Crippen LogP contribution in [-0.4, -0.2) is 16.2 Å². The fraction of sp³-hybridized carbons (Fsp3) is 0.583. The van der Waals surface area contributed by atoms with E-state index in [0.29, 0.717) is 17.4 Å². The largest absolute Gasteiger partial charge is 0.474 e. The van der Waals surface area contributed by atoms with Crippen LogP contribution in [0, 0.1) is 5.92 Å². The van der Waals surface area contributed by atoms with Crippen molar-refractivity contribution in [2.24, 2.45) is 5.92 Å². The van der Waals surface area contributed by atoms with Gasteiger partial charge in [-0.3, -0.25) is 0 Å². The van der Waals surface area contributed by atoms with E-state index in [-0.39, 0.29) is 12.7 Å². The first-order valence-electron chi connectivity index (χ1n) is 5.44. The van der Waals surface area contributed by atoms with E-state index < -0.39 is 0 Å². The molecule has 0 aliphatic rings. The van der Waals surface area contributed by atoms with E-state index in [1.165, 1.54) is 0 Å². The maximum Gasteiger partial charge on any atom is 0.219 e. The summed E-state index contributed by atoms with van der Waals surface area (Å²) >= 11 is 3.31. The molecule has 0 aromatic carbocycles. The molecule has 0 saturated heterocycles. The molecule has 1 N–H and O–H groups in total. The number of rotatable bonds is 5. The van der Waals surface area contributed by atoms with Crippen molar-refractivity contribution in [3.05, 3.63) is 22.3 Å². The Morgan fingerprint density at radius 2 is 2.12 bits per heavy atom. The Morgan fingerprint density at radius 3 is 2.69 bits per heavy atom. The Morgan fingerprint density at radius 1 is 1.44 bits per heavy atom. The van der Waals surface area contributed by atoms with Gasteiger partial charge in [-0.25, -0.2) is 4.98 Å². The Kier molecular flexibility index (Phi) is 5.22. The molecule has 1 heterocycles. The lowest BCUT2D eigenvalue weighted by molar-refractivity contribution is 0.177. The lowest BCUT2D eigenvalue weighted by atomic mass is 10.1. The smallest absolute Gasteiger partial charge is 0.219 e. The predicted octanol–water partition coefficient (Wildman–Crippen LogP) is 3.15. The second kappa shape index (κ2) is 6.21. The fourth-order valence-corrected chi connectivity index (χ4v) is 1.97. The van der Waals surface area contributed by atoms with Gasteiger partial charge in [-0.1, -0.05) is 13.8 Å². The maximum absolute atomic E-state index is 9.20. The van der Waals surface area contributed by atoms with Crippen LogP contribution in [0.5, 0.6) is 5.88 Å². The lowest BCUT2D eigenvalue weighted by Gasteiger charge is -2.17. The number of aliphatic hydroxyl groups is 1. The van der Waals surface area contributed by atoms with Gasteiger partial charge in [0.15, 0.2) is 0 Å². The molecular weight excluding hydrogens is 270 g/mol. The van der Waals surface area contributed by atoms with Gasteiger partial charge in [0.25, 0.3) is 0 Å². The third-order valence-corrected chi connectivity index (χ3v) is 2.61. The number of aromatic nitrogens is 1. The average Bonchev–Trinajstić information content (AvgIpc) is 2.19. The predicted molar refractivity (Wildman–Crippen MR) is 67.4 cm³/mol. The number of hydrogen-bond acceptors (Lipinski definition) is 3. The first-order valence-corrected chi connectivity index (χ1v) is 6.24. The molecule has 90 valence electrons. The quantitative estimate of drug-likeness (QED) is 0.905. The van der Waals surface area contributed by atoms with Gasteiger partial charge >= 0.3 is 0 Å². The molecule has 0 fully saturated rings. The first kappa shape index (κ1) is 13.5. The Bertz CT molecular complexity index is 342. The van der Waals surface area contributed by atoms with Gasteiger partial charge in [-0.05, 0) is 41.3 Å². The van der Waals surface area contributed by atoms with Crippen molar-refractivity contribution in [2.45, 2.75) is 39.9 Å². The molecule has 0 amide bonds. The standard InChI is InChI=1S/C12H18BrNO2/c1-8(2)4-9(3)16-12-10(7-15)5-11(13)6-14-12/h5-6,8-9,15H,4,7H2,1-3H3. The Labute approximate surface area is 105 Å². The van der Waals surface area contributed by atoms with Crippen molar-refractivity contribution in [1.29, 1.82) is 0 Å². The van der Waals surface area contributed by atoms with Crippen molar-refractivity contribution in [2.75, 3.05) is 0 Å². The summed E-state index contributed by atoms with van der Waals surface area (Å²) < 4.78 is 6.56. The zero-order valence-corrected chi connectivity index (χ0v) is 11.5. The zero-order chi connectivity index (χ0) is 12.1. The summed E-state index contributed by atoms with van der Waals surface area (Å²) in [5, 5.41) is 9.20. The van der Waals surface area contributed by atoms with Crippen LogP contribution in [0.1, 0.15) is 32.8 Å². The van der Waals surface area contributed by atoms with E-state index >= 15 is 0 Å². The molecule has 16 heavy (non-hydrogen) atoms. The van der Waals surface area contributed by atoms with Gasteiger partial charge in [0, 0.05) is 16.2 Å². The van der Waals surface area contributed by atoms with Gasteiger partial charge in [0.1, 0.15) is 0 Å². The summed E-state index contributed by atoms with van der Waals surface area (Å²) in [6.07, 6.45) is 2.76. The second-order valence-corrected chi connectivity index (χ2v) is 5.25. The summed E-state index contributed by atoms with van der Waals surface area (Å²) in [5.74, 6) is 1.11. The van der Waals surface area contributed by atoms with Gasteiger partial charge in [0.2, 0.25) is 5.88 Å². The highest BCUT2D eigenvalue weighted by atomic mass is 79.9. The zero-order valence-electron chi connectivity index (χ0n) is 9.90. The molecule has 0 saturated carbocycles. The molecular formula is C12H18BrNO2. The number of hydrogen-bond donors (Lipinski definition) is 1. The summed E-state index contributed by atoms with van der Waals surface area (Å²) in [7, 11) is 0. The maximum atomic E-state index is 9.20. The second-order valence-electron chi connectivity index (χ2n) is 4.33. The van der Waals surface area contributed by atoms with E-state index in [2.05, 4.69) is 34.8 Å². The SMILES string of the molecule is CC(C)CC(C)Oc1ncc(Br)cc1CO. The average molecular weight is 288 g/mol. The summed E-state index contributed by atoms with van der Waals surface area (Å²) in [6, 6.07) is 1.82. The third-order valence-electron chi connectivity index (χ3n) is 2.18. The van der Waals surface area contributed by atoms with Crippen LogP contribution in [0.25, 0.3) is 0 Å². The first-order chi connectivity index (χ1) is 7.52. The molecule has 3 nitrogen and oxygen atoms in total. The van der Waals surface area contributed by atoms with Gasteiger partial charge in [-0.15, -0.1) is 0 Å². The monoisotopic (exact) mass is 287 g/mol. The number of halogens is 1. The third kappa shape index (κ3) is 4.10. The number of ether oxygens (including phenoxy) is 1. The minimum atomic E-state index is -0.0594. The fourth-order valence-electron chi connectivity index (χ4n) is 1.59. The van der Waals surface area contributed by atoms with Crippen molar-refractivity contribution >= 4 is 15.9 Å². The highest BCUT2D eigenvalue weighted by Crippen LogP contribution is 2.22. The Hall–Kier alpha value is -0.610. The van der Waals surface area contributed by atoms with E-state index in [1.807, 2.05) is 13.0 Å². The number of pyridine rings is 1. The van der Waals surface area contributed by atoms with Crippen LogP contribution in [0.15, 0.2) is 16.7 Å². The summed E-state index contributed by atoms with van der Waals surface area (Å²) in [5.41, 5.74) is 0.713. The van der Waals surface area contributed by atoms with Crippen LogP contribution in [0.2, 0.25) is 0 Å². The molecule has 1 atom stereocenters. The topological polar surface area (TPSA) is 42.4 Å².